The zero-order valence-corrected chi connectivity index (χ0v) is 19.3. The van der Waals surface area contributed by atoms with Crippen molar-refractivity contribution in [1.29, 1.82) is 0 Å². The first kappa shape index (κ1) is 22.7. The van der Waals surface area contributed by atoms with Crippen molar-refractivity contribution < 1.29 is 27.1 Å². The van der Waals surface area contributed by atoms with Crippen molar-refractivity contribution in [2.75, 3.05) is 26.1 Å². The van der Waals surface area contributed by atoms with E-state index in [1.807, 2.05) is 6.92 Å². The minimum atomic E-state index is -3.82. The van der Waals surface area contributed by atoms with Crippen molar-refractivity contribution in [2.45, 2.75) is 30.7 Å². The summed E-state index contributed by atoms with van der Waals surface area (Å²) in [7, 11) is -0.769. The molecule has 33 heavy (non-hydrogen) atoms. The maximum Gasteiger partial charge on any atom is 0.322 e. The highest BCUT2D eigenvalue weighted by molar-refractivity contribution is 7.89. The van der Waals surface area contributed by atoms with Crippen LogP contribution in [0.5, 0.6) is 11.5 Å². The maximum absolute atomic E-state index is 13.1. The topological polar surface area (TPSA) is 124 Å². The molecule has 3 aromatic rings. The van der Waals surface area contributed by atoms with Gasteiger partial charge in [0, 0.05) is 18.2 Å². The van der Waals surface area contributed by atoms with Crippen LogP contribution in [0, 0.1) is 6.92 Å². The third kappa shape index (κ3) is 4.69. The van der Waals surface area contributed by atoms with Gasteiger partial charge in [0.05, 0.1) is 19.1 Å². The van der Waals surface area contributed by atoms with Gasteiger partial charge in [-0.3, -0.25) is 10.1 Å². The quantitative estimate of drug-likeness (QED) is 0.557. The molecule has 1 fully saturated rings. The van der Waals surface area contributed by atoms with Crippen LogP contribution in [0.25, 0.3) is 11.5 Å². The summed E-state index contributed by atoms with van der Waals surface area (Å²) in [5.74, 6) is 0.701. The van der Waals surface area contributed by atoms with E-state index in [4.69, 9.17) is 13.9 Å². The number of carbonyl (C=O) groups is 1. The number of aryl methyl sites for hydroxylation is 1. The average Bonchev–Trinajstić information content (AvgIpc) is 3.49. The van der Waals surface area contributed by atoms with Gasteiger partial charge < -0.3 is 13.9 Å². The average molecular weight is 473 g/mol. The molecule has 0 bridgehead atoms. The Kier molecular flexibility index (Phi) is 6.34. The fourth-order valence-electron chi connectivity index (χ4n) is 3.65. The molecule has 10 nitrogen and oxygen atoms in total. The number of aromatic nitrogens is 2. The molecule has 1 N–H and O–H groups in total. The van der Waals surface area contributed by atoms with E-state index in [0.29, 0.717) is 29.9 Å². The minimum Gasteiger partial charge on any atom is -0.497 e. The number of methoxy groups -OCH3 is 2. The maximum atomic E-state index is 13.1. The van der Waals surface area contributed by atoms with Crippen LogP contribution >= 0.6 is 0 Å². The van der Waals surface area contributed by atoms with E-state index in [9.17, 15) is 13.2 Å². The fourth-order valence-corrected chi connectivity index (χ4v) is 5.30. The predicted octanol–water partition coefficient (Wildman–Crippen LogP) is 2.85. The summed E-state index contributed by atoms with van der Waals surface area (Å²) in [6.07, 6.45) is 0.965. The molecule has 0 aliphatic carbocycles. The van der Waals surface area contributed by atoms with Gasteiger partial charge in [-0.15, -0.1) is 5.10 Å². The van der Waals surface area contributed by atoms with E-state index in [1.54, 1.807) is 42.5 Å². The van der Waals surface area contributed by atoms with Crippen LogP contribution < -0.4 is 14.8 Å². The van der Waals surface area contributed by atoms with Crippen molar-refractivity contribution in [3.05, 3.63) is 48.0 Å². The molecule has 0 saturated carbocycles. The van der Waals surface area contributed by atoms with E-state index in [0.717, 1.165) is 5.56 Å². The second-order valence-electron chi connectivity index (χ2n) is 7.59. The molecule has 174 valence electrons. The van der Waals surface area contributed by atoms with Gasteiger partial charge >= 0.3 is 6.01 Å². The van der Waals surface area contributed by atoms with E-state index in [-0.39, 0.29) is 23.3 Å². The number of anilines is 1. The molecule has 0 radical (unpaired) electrons. The van der Waals surface area contributed by atoms with Gasteiger partial charge in [-0.1, -0.05) is 22.8 Å². The standard InChI is InChI=1S/C22H24N4O6S/c1-14-6-8-18(9-7-14)33(28,29)26-10-4-5-19(26)20(27)23-22-25-24-21(32-22)15-11-16(30-2)13-17(12-15)31-3/h6-9,11-13,19H,4-5,10H2,1-3H3,(H,23,25,27)/t19-/m0/s1. The predicted molar refractivity (Wildman–Crippen MR) is 120 cm³/mol. The van der Waals surface area contributed by atoms with Crippen LogP contribution in [0.15, 0.2) is 51.8 Å². The van der Waals surface area contributed by atoms with Crippen molar-refractivity contribution in [2.24, 2.45) is 0 Å². The first-order valence-corrected chi connectivity index (χ1v) is 11.7. The van der Waals surface area contributed by atoms with Crippen molar-refractivity contribution in [3.8, 4) is 23.0 Å². The number of rotatable bonds is 7. The number of hydrogen-bond acceptors (Lipinski definition) is 8. The summed E-state index contributed by atoms with van der Waals surface area (Å²) in [4.78, 5) is 13.1. The van der Waals surface area contributed by atoms with Crippen LogP contribution in [0.3, 0.4) is 0 Å². The largest absolute Gasteiger partial charge is 0.497 e. The Morgan fingerprint density at radius 1 is 1.09 bits per heavy atom. The molecule has 0 unspecified atom stereocenters. The molecule has 1 aromatic heterocycles. The fraction of sp³-hybridized carbons (Fsp3) is 0.318. The number of sulfonamides is 1. The lowest BCUT2D eigenvalue weighted by atomic mass is 10.2. The molecule has 4 rings (SSSR count). The molecule has 11 heteroatoms. The lowest BCUT2D eigenvalue weighted by Gasteiger charge is -2.22. The van der Waals surface area contributed by atoms with E-state index in [2.05, 4.69) is 15.5 Å². The van der Waals surface area contributed by atoms with Gasteiger partial charge in [0.1, 0.15) is 17.5 Å². The van der Waals surface area contributed by atoms with E-state index < -0.39 is 22.0 Å². The molecule has 1 aliphatic heterocycles. The molecule has 1 amide bonds. The van der Waals surface area contributed by atoms with Gasteiger partial charge in [-0.25, -0.2) is 8.42 Å². The van der Waals surface area contributed by atoms with Crippen LogP contribution in [-0.2, 0) is 14.8 Å². The van der Waals surface area contributed by atoms with Crippen LogP contribution in [0.4, 0.5) is 6.01 Å². The molecule has 0 spiro atoms. The number of nitrogens with one attached hydrogen (secondary N) is 1. The minimum absolute atomic E-state index is 0.128. The first-order chi connectivity index (χ1) is 15.8. The van der Waals surface area contributed by atoms with E-state index >= 15 is 0 Å². The van der Waals surface area contributed by atoms with Gasteiger partial charge in [0.25, 0.3) is 0 Å². The number of nitrogens with zero attached hydrogens (tertiary/aromatic N) is 3. The summed E-state index contributed by atoms with van der Waals surface area (Å²) in [5, 5.41) is 10.4. The highest BCUT2D eigenvalue weighted by atomic mass is 32.2. The summed E-state index contributed by atoms with van der Waals surface area (Å²) >= 11 is 0. The Morgan fingerprint density at radius 2 is 1.76 bits per heavy atom. The van der Waals surface area contributed by atoms with E-state index in [1.165, 1.54) is 18.5 Å². The van der Waals surface area contributed by atoms with Gasteiger partial charge in [0.15, 0.2) is 0 Å². The van der Waals surface area contributed by atoms with Crippen LogP contribution in [0.1, 0.15) is 18.4 Å². The van der Waals surface area contributed by atoms with Gasteiger partial charge in [0.2, 0.25) is 21.8 Å². The second-order valence-corrected chi connectivity index (χ2v) is 9.48. The summed E-state index contributed by atoms with van der Waals surface area (Å²) in [6, 6.07) is 10.6. The third-order valence-corrected chi connectivity index (χ3v) is 7.31. The summed E-state index contributed by atoms with van der Waals surface area (Å²) in [5.41, 5.74) is 1.49. The number of benzene rings is 2. The van der Waals surface area contributed by atoms with Crippen LogP contribution in [-0.4, -0.2) is 55.6 Å². The Bertz CT molecular complexity index is 1230. The van der Waals surface area contributed by atoms with Gasteiger partial charge in [-0.2, -0.15) is 4.31 Å². The molecule has 2 heterocycles. The van der Waals surface area contributed by atoms with Gasteiger partial charge in [-0.05, 0) is 44.0 Å². The molecular weight excluding hydrogens is 448 g/mol. The SMILES string of the molecule is COc1cc(OC)cc(-c2nnc(NC(=O)[C@@H]3CCCN3S(=O)(=O)c3ccc(C)cc3)o2)c1. The summed E-state index contributed by atoms with van der Waals surface area (Å²) < 4.78 is 43.5. The molecule has 1 saturated heterocycles. The second kappa shape index (κ2) is 9.20. The van der Waals surface area contributed by atoms with Crippen LogP contribution in [0.2, 0.25) is 0 Å². The normalized spacial score (nSPS) is 16.5. The Morgan fingerprint density at radius 3 is 2.39 bits per heavy atom. The van der Waals surface area contributed by atoms with Crippen molar-refractivity contribution >= 4 is 21.9 Å². The van der Waals surface area contributed by atoms with Crippen molar-refractivity contribution in [3.63, 3.8) is 0 Å². The molecule has 2 aromatic carbocycles. The van der Waals surface area contributed by atoms with Crippen molar-refractivity contribution in [1.82, 2.24) is 14.5 Å². The number of carbonyl (C=O) groups excluding carboxylic acids is 1. The lowest BCUT2D eigenvalue weighted by molar-refractivity contribution is -0.119. The number of hydrogen-bond donors (Lipinski definition) is 1. The monoisotopic (exact) mass is 472 g/mol. The number of ether oxygens (including phenoxy) is 2. The third-order valence-electron chi connectivity index (χ3n) is 5.39. The molecule has 1 atom stereocenters. The Hall–Kier alpha value is -3.44. The summed E-state index contributed by atoms with van der Waals surface area (Å²) in [6.45, 7) is 2.13. The molecular formula is C22H24N4O6S. The number of amides is 1. The molecule has 1 aliphatic rings. The zero-order valence-electron chi connectivity index (χ0n) is 18.4. The zero-order chi connectivity index (χ0) is 23.6. The Labute approximate surface area is 191 Å². The smallest absolute Gasteiger partial charge is 0.322 e. The lowest BCUT2D eigenvalue weighted by Crippen LogP contribution is -2.43. The first-order valence-electron chi connectivity index (χ1n) is 10.3. The Balaban J connectivity index is 1.52. The highest BCUT2D eigenvalue weighted by Gasteiger charge is 2.39. The highest BCUT2D eigenvalue weighted by Crippen LogP contribution is 2.30.